The highest BCUT2D eigenvalue weighted by Crippen LogP contribution is 1.71. The minimum absolute atomic E-state index is 1.20. The van der Waals surface area contributed by atoms with Gasteiger partial charge in [0.05, 0.1) is 0 Å². The van der Waals surface area contributed by atoms with Crippen molar-refractivity contribution in [2.75, 3.05) is 5.94 Å². The van der Waals surface area contributed by atoms with E-state index in [1.54, 1.807) is 18.5 Å². The fraction of sp³-hybridized carbons (Fsp3) is 0.200. The summed E-state index contributed by atoms with van der Waals surface area (Å²) in [4.78, 5) is 7.35. The third-order valence-corrected chi connectivity index (χ3v) is 0.967. The Balaban J connectivity index is 0.000000202. The van der Waals surface area contributed by atoms with Crippen LogP contribution in [0, 0.1) is 0 Å². The van der Waals surface area contributed by atoms with Crippen LogP contribution in [-0.2, 0) is 10.1 Å². The van der Waals surface area contributed by atoms with Crippen LogP contribution in [0.25, 0.3) is 0 Å². The Morgan fingerprint density at radius 1 is 1.25 bits per heavy atom. The Bertz CT molecular complexity index is 259. The van der Waals surface area contributed by atoms with Gasteiger partial charge >= 0.3 is 0 Å². The van der Waals surface area contributed by atoms with Crippen molar-refractivity contribution in [1.29, 1.82) is 0 Å². The molecule has 0 amide bonds. The molecule has 0 saturated carbocycles. The van der Waals surface area contributed by atoms with Crippen molar-refractivity contribution < 1.29 is 18.1 Å². The zero-order valence-corrected chi connectivity index (χ0v) is 6.85. The van der Waals surface area contributed by atoms with Crippen molar-refractivity contribution in [2.45, 2.75) is 0 Å². The lowest BCUT2D eigenvalue weighted by atomic mass is 10.7. The van der Waals surface area contributed by atoms with E-state index in [-0.39, 0.29) is 0 Å². The second-order valence-corrected chi connectivity index (χ2v) is 3.04. The lowest BCUT2D eigenvalue weighted by molar-refractivity contribution is 0.336. The van der Waals surface area contributed by atoms with Gasteiger partial charge in [0.25, 0.3) is 10.1 Å². The molecule has 0 aliphatic rings. The summed E-state index contributed by atoms with van der Waals surface area (Å²) in [7, 11) is -4.11. The van der Waals surface area contributed by atoms with E-state index in [1.807, 2.05) is 0 Å². The summed E-state index contributed by atoms with van der Waals surface area (Å²) in [6, 6.07) is 1.78. The number of rotatable bonds is 1. The van der Waals surface area contributed by atoms with Crippen molar-refractivity contribution in [3.63, 3.8) is 0 Å². The number of aliphatic hydroxyl groups excluding tert-OH is 1. The van der Waals surface area contributed by atoms with Crippen molar-refractivity contribution in [1.82, 2.24) is 9.97 Å². The second-order valence-electron chi connectivity index (χ2n) is 1.62. The van der Waals surface area contributed by atoms with E-state index in [9.17, 15) is 8.42 Å². The van der Waals surface area contributed by atoms with Gasteiger partial charge in [0.2, 0.25) is 0 Å². The van der Waals surface area contributed by atoms with Gasteiger partial charge in [-0.3, -0.25) is 4.55 Å². The van der Waals surface area contributed by atoms with Gasteiger partial charge in [-0.1, -0.05) is 0 Å². The van der Waals surface area contributed by atoms with Crippen molar-refractivity contribution in [3.05, 3.63) is 24.8 Å². The van der Waals surface area contributed by atoms with E-state index in [1.165, 1.54) is 6.33 Å². The Kier molecular flexibility index (Phi) is 5.09. The number of hydrogen-bond acceptors (Lipinski definition) is 5. The van der Waals surface area contributed by atoms with E-state index in [0.29, 0.717) is 0 Å². The summed E-state index contributed by atoms with van der Waals surface area (Å²) in [5.74, 6) is -1.20. The first-order valence-corrected chi connectivity index (χ1v) is 4.43. The third kappa shape index (κ3) is 8.95. The maximum absolute atomic E-state index is 9.31. The lowest BCUT2D eigenvalue weighted by Gasteiger charge is -1.79. The molecule has 12 heavy (non-hydrogen) atoms. The first-order valence-electron chi connectivity index (χ1n) is 2.82. The topological polar surface area (TPSA) is 100 Å². The van der Waals surface area contributed by atoms with Gasteiger partial charge in [0.15, 0.2) is 5.94 Å². The molecule has 0 atom stereocenters. The smallest absolute Gasteiger partial charge is 0.289 e. The van der Waals surface area contributed by atoms with Crippen LogP contribution in [0.4, 0.5) is 0 Å². The highest BCUT2D eigenvalue weighted by Gasteiger charge is 1.95. The van der Waals surface area contributed by atoms with E-state index < -0.39 is 16.1 Å². The van der Waals surface area contributed by atoms with Crippen molar-refractivity contribution in [3.8, 4) is 0 Å². The van der Waals surface area contributed by atoms with Gasteiger partial charge in [-0.25, -0.2) is 9.97 Å². The molecule has 1 rings (SSSR count). The third-order valence-electron chi connectivity index (χ3n) is 0.641. The molecule has 68 valence electrons. The molecule has 0 aliphatic carbocycles. The van der Waals surface area contributed by atoms with E-state index in [0.717, 1.165) is 0 Å². The summed E-state index contributed by atoms with van der Waals surface area (Å²) in [6.07, 6.45) is 4.88. The molecule has 0 saturated heterocycles. The molecule has 6 nitrogen and oxygen atoms in total. The Morgan fingerprint density at radius 2 is 1.67 bits per heavy atom. The summed E-state index contributed by atoms with van der Waals surface area (Å²) >= 11 is 0. The van der Waals surface area contributed by atoms with Crippen molar-refractivity contribution in [2.24, 2.45) is 0 Å². The molecule has 0 fully saturated rings. The molecule has 1 aromatic heterocycles. The van der Waals surface area contributed by atoms with Crippen LogP contribution in [0.2, 0.25) is 0 Å². The Hall–Kier alpha value is -1.05. The Morgan fingerprint density at radius 3 is 1.75 bits per heavy atom. The fourth-order valence-electron chi connectivity index (χ4n) is 0.253. The van der Waals surface area contributed by atoms with Crippen LogP contribution in [0.15, 0.2) is 24.8 Å². The molecule has 0 aliphatic heterocycles. The molecule has 1 heterocycles. The molecule has 0 unspecified atom stereocenters. The summed E-state index contributed by atoms with van der Waals surface area (Å²) in [6.45, 7) is 0. The van der Waals surface area contributed by atoms with Gasteiger partial charge in [-0.2, -0.15) is 8.42 Å². The largest absolute Gasteiger partial charge is 0.378 e. The highest BCUT2D eigenvalue weighted by atomic mass is 32.2. The fourth-order valence-corrected chi connectivity index (χ4v) is 0.253. The highest BCUT2D eigenvalue weighted by molar-refractivity contribution is 7.85. The average Bonchev–Trinajstić information content (AvgIpc) is 2.07. The lowest BCUT2D eigenvalue weighted by Crippen LogP contribution is -2.00. The first kappa shape index (κ1) is 11.0. The van der Waals surface area contributed by atoms with Crippen LogP contribution in [0.3, 0.4) is 0 Å². The van der Waals surface area contributed by atoms with Gasteiger partial charge in [0, 0.05) is 12.4 Å². The maximum atomic E-state index is 9.31. The summed E-state index contributed by atoms with van der Waals surface area (Å²) < 4.78 is 26.2. The zero-order valence-electron chi connectivity index (χ0n) is 6.03. The second kappa shape index (κ2) is 5.58. The standard InChI is InChI=1S/C4H4N2.CH4O4S/c1-2-5-4-6-3-1;2-1-6(3,4)5/h1-4H;2H,1H2,(H,3,4,5). The van der Waals surface area contributed by atoms with E-state index in [2.05, 4.69) is 9.97 Å². The number of aromatic nitrogens is 2. The van der Waals surface area contributed by atoms with Gasteiger partial charge in [-0.15, -0.1) is 0 Å². The summed E-state index contributed by atoms with van der Waals surface area (Å²) in [5, 5.41) is 7.56. The molecule has 1 aromatic rings. The molecule has 7 heteroatoms. The molecule has 0 radical (unpaired) electrons. The van der Waals surface area contributed by atoms with Crippen LogP contribution < -0.4 is 0 Å². The van der Waals surface area contributed by atoms with Crippen LogP contribution in [0.1, 0.15) is 0 Å². The van der Waals surface area contributed by atoms with Gasteiger partial charge in [-0.05, 0) is 6.07 Å². The molecular weight excluding hydrogens is 184 g/mol. The number of hydrogen-bond donors (Lipinski definition) is 2. The molecule has 0 spiro atoms. The van der Waals surface area contributed by atoms with Crippen molar-refractivity contribution >= 4 is 10.1 Å². The van der Waals surface area contributed by atoms with E-state index >= 15 is 0 Å². The monoisotopic (exact) mass is 192 g/mol. The minimum Gasteiger partial charge on any atom is -0.378 e. The molecule has 0 bridgehead atoms. The minimum atomic E-state index is -4.11. The number of nitrogens with zero attached hydrogens (tertiary/aromatic N) is 2. The zero-order chi connectivity index (χ0) is 9.45. The molecule has 0 aromatic carbocycles. The summed E-state index contributed by atoms with van der Waals surface area (Å²) in [5.41, 5.74) is 0. The normalized spacial score (nSPS) is 9.83. The maximum Gasteiger partial charge on any atom is 0.289 e. The molecule has 2 N–H and O–H groups in total. The first-order chi connectivity index (χ1) is 5.56. The number of aliphatic hydroxyl groups is 1. The van der Waals surface area contributed by atoms with Gasteiger partial charge < -0.3 is 5.11 Å². The SMILES string of the molecule is O=S(=O)(O)CO.c1cncnc1. The predicted octanol–water partition coefficient (Wildman–Crippen LogP) is -0.699. The predicted molar refractivity (Wildman–Crippen MR) is 40.7 cm³/mol. The average molecular weight is 192 g/mol. The molecular formula is C5H8N2O4S. The Labute approximate surface area is 69.7 Å². The van der Waals surface area contributed by atoms with E-state index in [4.69, 9.17) is 9.66 Å². The van der Waals surface area contributed by atoms with Crippen LogP contribution >= 0.6 is 0 Å². The quantitative estimate of drug-likeness (QED) is 0.571. The van der Waals surface area contributed by atoms with Crippen LogP contribution in [-0.4, -0.2) is 34.0 Å². The van der Waals surface area contributed by atoms with Crippen LogP contribution in [0.5, 0.6) is 0 Å². The van der Waals surface area contributed by atoms with Gasteiger partial charge in [0.1, 0.15) is 6.33 Å².